The molecule has 0 fully saturated rings. The van der Waals surface area contributed by atoms with Crippen molar-refractivity contribution in [3.63, 3.8) is 0 Å². The van der Waals surface area contributed by atoms with Gasteiger partial charge >= 0.3 is 0 Å². The number of Topliss-reactive ketones (excluding diaryl/α,β-unsaturated/α-hetero) is 1. The van der Waals surface area contributed by atoms with Crippen LogP contribution < -0.4 is 11.2 Å². The number of nitrogens with zero attached hydrogens (tertiary/aromatic N) is 4. The number of thiocarbonyl (C=S) groups is 1. The third-order valence-electron chi connectivity index (χ3n) is 1.97. The Kier molecular flexibility index (Phi) is 5.24. The maximum Gasteiger partial charge on any atom is 0.245 e. The molecule has 1 heterocycles. The highest BCUT2D eigenvalue weighted by molar-refractivity contribution is 7.98. The third-order valence-corrected chi connectivity index (χ3v) is 2.95. The van der Waals surface area contributed by atoms with Crippen LogP contribution in [0.4, 0.5) is 5.95 Å². The Balaban J connectivity index is 2.73. The van der Waals surface area contributed by atoms with Crippen molar-refractivity contribution >= 4 is 46.7 Å². The number of rotatable bonds is 3. The lowest BCUT2D eigenvalue weighted by Gasteiger charge is -2.20. The van der Waals surface area contributed by atoms with Crippen LogP contribution >= 0.6 is 24.0 Å². The van der Waals surface area contributed by atoms with Gasteiger partial charge in [-0.15, -0.1) is 5.10 Å². The number of amides is 1. The Morgan fingerprint density at radius 3 is 2.68 bits per heavy atom. The lowest BCUT2D eigenvalue weighted by atomic mass is 10.3. The Morgan fingerprint density at radius 1 is 1.58 bits per heavy atom. The predicted molar refractivity (Wildman–Crippen MR) is 75.4 cm³/mol. The molecule has 0 saturated heterocycles. The molecule has 8 nitrogen and oxygen atoms in total. The summed E-state index contributed by atoms with van der Waals surface area (Å²) in [6.45, 7) is 1.33. The first-order chi connectivity index (χ1) is 8.85. The number of ketones is 1. The second-order valence-electron chi connectivity index (χ2n) is 3.62. The SMILES string of the molecule is CSc1nc(N)n(C(=S)N(C)NC(=O)CC(C)=O)n1. The number of hydrazine groups is 1. The summed E-state index contributed by atoms with van der Waals surface area (Å²) >= 11 is 6.44. The van der Waals surface area contributed by atoms with Crippen LogP contribution in [0, 0.1) is 0 Å². The van der Waals surface area contributed by atoms with Gasteiger partial charge in [0.15, 0.2) is 0 Å². The first kappa shape index (κ1) is 15.4. The van der Waals surface area contributed by atoms with E-state index < -0.39 is 5.91 Å². The van der Waals surface area contributed by atoms with Gasteiger partial charge in [-0.2, -0.15) is 9.67 Å². The normalized spacial score (nSPS) is 10.1. The van der Waals surface area contributed by atoms with E-state index in [9.17, 15) is 9.59 Å². The number of anilines is 1. The first-order valence-electron chi connectivity index (χ1n) is 5.18. The van der Waals surface area contributed by atoms with Crippen molar-refractivity contribution in [3.8, 4) is 0 Å². The Labute approximate surface area is 119 Å². The fraction of sp³-hybridized carbons (Fsp3) is 0.444. The van der Waals surface area contributed by atoms with Gasteiger partial charge in [-0.1, -0.05) is 11.8 Å². The van der Waals surface area contributed by atoms with Crippen LogP contribution in [0.3, 0.4) is 0 Å². The molecular formula is C9H14N6O2S2. The van der Waals surface area contributed by atoms with Crippen molar-refractivity contribution in [1.82, 2.24) is 25.2 Å². The van der Waals surface area contributed by atoms with Gasteiger partial charge < -0.3 is 5.73 Å². The maximum absolute atomic E-state index is 11.4. The second-order valence-corrected chi connectivity index (χ2v) is 4.76. The van der Waals surface area contributed by atoms with Crippen molar-refractivity contribution in [3.05, 3.63) is 0 Å². The first-order valence-corrected chi connectivity index (χ1v) is 6.82. The second kappa shape index (κ2) is 6.48. The van der Waals surface area contributed by atoms with Gasteiger partial charge in [-0.25, -0.2) is 0 Å². The minimum Gasteiger partial charge on any atom is -0.368 e. The Bertz CT molecular complexity index is 515. The fourth-order valence-corrected chi connectivity index (χ4v) is 1.70. The minimum atomic E-state index is -0.457. The molecule has 1 rings (SSSR count). The third kappa shape index (κ3) is 4.17. The number of thioether (sulfide) groups is 1. The maximum atomic E-state index is 11.4. The van der Waals surface area contributed by atoms with Crippen molar-refractivity contribution in [2.75, 3.05) is 19.0 Å². The molecule has 0 saturated carbocycles. The molecule has 104 valence electrons. The average Bonchev–Trinajstić information content (AvgIpc) is 2.68. The summed E-state index contributed by atoms with van der Waals surface area (Å²) in [5, 5.41) is 5.95. The van der Waals surface area contributed by atoms with E-state index in [-0.39, 0.29) is 23.3 Å². The van der Waals surface area contributed by atoms with Crippen molar-refractivity contribution in [1.29, 1.82) is 0 Å². The van der Waals surface area contributed by atoms with Crippen LogP contribution in [0.15, 0.2) is 5.16 Å². The van der Waals surface area contributed by atoms with Crippen LogP contribution in [0.1, 0.15) is 13.3 Å². The molecular weight excluding hydrogens is 288 g/mol. The molecule has 0 aliphatic rings. The molecule has 3 N–H and O–H groups in total. The molecule has 0 aliphatic heterocycles. The molecule has 0 aromatic carbocycles. The van der Waals surface area contributed by atoms with Crippen LogP contribution in [0.2, 0.25) is 0 Å². The van der Waals surface area contributed by atoms with E-state index in [1.807, 2.05) is 0 Å². The summed E-state index contributed by atoms with van der Waals surface area (Å²) in [4.78, 5) is 26.2. The van der Waals surface area contributed by atoms with E-state index in [4.69, 9.17) is 18.0 Å². The number of carbonyl (C=O) groups is 2. The van der Waals surface area contributed by atoms with Gasteiger partial charge in [0.05, 0.1) is 6.42 Å². The van der Waals surface area contributed by atoms with E-state index in [2.05, 4.69) is 15.5 Å². The van der Waals surface area contributed by atoms with E-state index in [0.29, 0.717) is 5.16 Å². The number of nitrogens with two attached hydrogens (primary N) is 1. The van der Waals surface area contributed by atoms with Crippen LogP contribution in [0.5, 0.6) is 0 Å². The quantitative estimate of drug-likeness (QED) is 0.338. The van der Waals surface area contributed by atoms with Crippen molar-refractivity contribution in [2.24, 2.45) is 0 Å². The van der Waals surface area contributed by atoms with Crippen LogP contribution in [0.25, 0.3) is 0 Å². The molecule has 0 atom stereocenters. The standard InChI is InChI=1S/C9H14N6O2S2/c1-5(16)4-6(17)12-14(2)9(18)15-7(10)11-8(13-15)19-3/h4H2,1-3H3,(H,12,17)(H2,10,11,13). The van der Waals surface area contributed by atoms with Crippen molar-refractivity contribution in [2.45, 2.75) is 18.5 Å². The molecule has 0 spiro atoms. The van der Waals surface area contributed by atoms with Crippen LogP contribution in [-0.2, 0) is 9.59 Å². The number of hydrogen-bond donors (Lipinski definition) is 2. The summed E-state index contributed by atoms with van der Waals surface area (Å²) in [5.74, 6) is -0.565. The topological polar surface area (TPSA) is 106 Å². The molecule has 0 unspecified atom stereocenters. The Morgan fingerprint density at radius 2 is 2.21 bits per heavy atom. The van der Waals surface area contributed by atoms with Gasteiger partial charge in [0, 0.05) is 7.05 Å². The lowest BCUT2D eigenvalue weighted by molar-refractivity contribution is -0.129. The Hall–Kier alpha value is -1.68. The molecule has 0 bridgehead atoms. The monoisotopic (exact) mass is 302 g/mol. The number of hydrogen-bond acceptors (Lipinski definition) is 7. The highest BCUT2D eigenvalue weighted by Crippen LogP contribution is 2.11. The van der Waals surface area contributed by atoms with Gasteiger partial charge in [-0.05, 0) is 25.4 Å². The summed E-state index contributed by atoms with van der Waals surface area (Å²) < 4.78 is 1.23. The van der Waals surface area contributed by atoms with Gasteiger partial charge in [0.1, 0.15) is 5.78 Å². The van der Waals surface area contributed by atoms with E-state index in [1.165, 1.54) is 35.4 Å². The molecule has 1 aromatic rings. The molecule has 10 heteroatoms. The number of aromatic nitrogens is 3. The zero-order valence-corrected chi connectivity index (χ0v) is 12.3. The van der Waals surface area contributed by atoms with Crippen molar-refractivity contribution < 1.29 is 9.59 Å². The van der Waals surface area contributed by atoms with E-state index in [0.717, 1.165) is 0 Å². The van der Waals surface area contributed by atoms with Gasteiger partial charge in [0.2, 0.25) is 22.1 Å². The summed E-state index contributed by atoms with van der Waals surface area (Å²) in [6, 6.07) is 0. The number of nitrogens with one attached hydrogen (secondary N) is 1. The average molecular weight is 302 g/mol. The van der Waals surface area contributed by atoms with Crippen LogP contribution in [-0.4, -0.2) is 49.9 Å². The lowest BCUT2D eigenvalue weighted by Crippen LogP contribution is -2.46. The van der Waals surface area contributed by atoms with Gasteiger partial charge in [-0.3, -0.25) is 20.0 Å². The zero-order valence-electron chi connectivity index (χ0n) is 10.7. The summed E-state index contributed by atoms with van der Waals surface area (Å²) in [7, 11) is 1.53. The zero-order chi connectivity index (χ0) is 14.6. The molecule has 0 radical (unpaired) electrons. The molecule has 19 heavy (non-hydrogen) atoms. The predicted octanol–water partition coefficient (Wildman–Crippen LogP) is -0.343. The summed E-state index contributed by atoms with van der Waals surface area (Å²) in [6.07, 6.45) is 1.59. The van der Waals surface area contributed by atoms with Gasteiger partial charge in [0.25, 0.3) is 0 Å². The minimum absolute atomic E-state index is 0.127. The largest absolute Gasteiger partial charge is 0.368 e. The molecule has 1 aromatic heterocycles. The highest BCUT2D eigenvalue weighted by Gasteiger charge is 2.16. The summed E-state index contributed by atoms with van der Waals surface area (Å²) in [5.41, 5.74) is 8.11. The molecule has 1 amide bonds. The fourth-order valence-electron chi connectivity index (χ4n) is 1.17. The van der Waals surface area contributed by atoms with E-state index >= 15 is 0 Å². The number of carbonyl (C=O) groups excluding carboxylic acids is 2. The van der Waals surface area contributed by atoms with E-state index in [1.54, 1.807) is 6.26 Å². The molecule has 0 aliphatic carbocycles. The smallest absolute Gasteiger partial charge is 0.245 e. The number of nitrogen functional groups attached to an aromatic ring is 1. The highest BCUT2D eigenvalue weighted by atomic mass is 32.2.